The van der Waals surface area contributed by atoms with Gasteiger partial charge in [-0.25, -0.2) is 14.0 Å². The zero-order chi connectivity index (χ0) is 36.5. The molecule has 1 aromatic rings. The molecule has 5 aliphatic rings. The van der Waals surface area contributed by atoms with E-state index in [1.807, 2.05) is 20.8 Å². The molecule has 16 heteroatoms. The van der Waals surface area contributed by atoms with Crippen molar-refractivity contribution in [2.24, 2.45) is 11.3 Å². The third-order valence-electron chi connectivity index (χ3n) is 10.5. The lowest BCUT2D eigenvalue weighted by molar-refractivity contribution is -0.143. The molecule has 4 amide bonds. The lowest BCUT2D eigenvalue weighted by atomic mass is 9.85. The van der Waals surface area contributed by atoms with Gasteiger partial charge in [0.2, 0.25) is 23.6 Å². The maximum absolute atomic E-state index is 14.5. The molecule has 4 saturated carbocycles. The number of carbonyl (C=O) groups excluding carboxylic acids is 4. The Hall–Kier alpha value is -3.46. The zero-order valence-corrected chi connectivity index (χ0v) is 31.2. The molecule has 0 aromatic carbocycles. The highest BCUT2D eigenvalue weighted by atomic mass is 35.5. The molecule has 2 unspecified atom stereocenters. The molecule has 4 aliphatic carbocycles. The van der Waals surface area contributed by atoms with Gasteiger partial charge < -0.3 is 30.3 Å². The minimum Gasteiger partial charge on any atom is -0.472 e. The van der Waals surface area contributed by atoms with Crippen LogP contribution >= 0.6 is 11.6 Å². The van der Waals surface area contributed by atoms with Crippen LogP contribution in [0.2, 0.25) is 5.15 Å². The van der Waals surface area contributed by atoms with Crippen LogP contribution in [0.15, 0.2) is 18.7 Å². The summed E-state index contributed by atoms with van der Waals surface area (Å²) in [7, 11) is -1.55. The van der Waals surface area contributed by atoms with E-state index < -0.39 is 63.9 Å². The number of hydrogen-bond acceptors (Lipinski definition) is 10. The molecule has 51 heavy (non-hydrogen) atoms. The summed E-state index contributed by atoms with van der Waals surface area (Å²) in [5, 5.41) is 9.09. The van der Waals surface area contributed by atoms with E-state index in [1.165, 1.54) is 11.0 Å². The second kappa shape index (κ2) is 15.3. The van der Waals surface area contributed by atoms with Gasteiger partial charge in [0.1, 0.15) is 46.0 Å². The van der Waals surface area contributed by atoms with Crippen LogP contribution in [0, 0.1) is 11.3 Å². The molecule has 6 atom stereocenters. The average molecular weight is 748 g/mol. The van der Waals surface area contributed by atoms with Crippen molar-refractivity contribution < 1.29 is 32.9 Å². The van der Waals surface area contributed by atoms with Gasteiger partial charge in [-0.1, -0.05) is 51.3 Å². The topological polar surface area (TPSA) is 181 Å². The summed E-state index contributed by atoms with van der Waals surface area (Å²) in [5.74, 6) is -1.47. The van der Waals surface area contributed by atoms with Gasteiger partial charge in [-0.3, -0.25) is 19.1 Å². The molecule has 2 heterocycles. The van der Waals surface area contributed by atoms with E-state index >= 15 is 0 Å². The van der Waals surface area contributed by atoms with Crippen molar-refractivity contribution in [1.82, 2.24) is 30.2 Å². The van der Waals surface area contributed by atoms with Crippen LogP contribution in [0.1, 0.15) is 97.8 Å². The minimum absolute atomic E-state index is 0.00829. The molecule has 0 spiro atoms. The number of amides is 4. The van der Waals surface area contributed by atoms with Crippen molar-refractivity contribution in [2.75, 3.05) is 11.9 Å². The zero-order valence-electron chi connectivity index (χ0n) is 29.6. The van der Waals surface area contributed by atoms with Gasteiger partial charge in [0.15, 0.2) is 0 Å². The third-order valence-corrected chi connectivity index (χ3v) is 12.2. The van der Waals surface area contributed by atoms with Crippen LogP contribution < -0.4 is 25.4 Å². The Kier molecular flexibility index (Phi) is 11.2. The van der Waals surface area contributed by atoms with Crippen molar-refractivity contribution in [3.8, 4) is 5.88 Å². The fourth-order valence-corrected chi connectivity index (χ4v) is 8.60. The number of likely N-dealkylation sites (tertiary alicyclic amines) is 1. The first-order valence-corrected chi connectivity index (χ1v) is 19.8. The van der Waals surface area contributed by atoms with Crippen LogP contribution in [-0.2, 0) is 30.1 Å². The predicted octanol–water partition coefficient (Wildman–Crippen LogP) is 3.92. The Morgan fingerprint density at radius 1 is 1.06 bits per heavy atom. The average Bonchev–Trinajstić information content (AvgIpc) is 3.82. The Morgan fingerprint density at radius 2 is 1.75 bits per heavy atom. The van der Waals surface area contributed by atoms with Crippen LogP contribution in [-0.4, -0.2) is 90.6 Å². The molecule has 6 rings (SSSR count). The number of ether oxygens (including phenoxy) is 2. The summed E-state index contributed by atoms with van der Waals surface area (Å²) in [4.78, 5) is 65.4. The smallest absolute Gasteiger partial charge is 0.408 e. The number of nitrogens with zero attached hydrogens (tertiary/aromatic N) is 3. The van der Waals surface area contributed by atoms with Crippen molar-refractivity contribution >= 4 is 52.3 Å². The maximum Gasteiger partial charge on any atom is 0.408 e. The van der Waals surface area contributed by atoms with Gasteiger partial charge >= 0.3 is 6.09 Å². The van der Waals surface area contributed by atoms with Crippen molar-refractivity contribution in [3.05, 3.63) is 23.9 Å². The van der Waals surface area contributed by atoms with E-state index in [-0.39, 0.29) is 53.7 Å². The molecule has 14 nitrogen and oxygen atoms in total. The van der Waals surface area contributed by atoms with Gasteiger partial charge in [0.05, 0.1) is 11.8 Å². The molecule has 5 fully saturated rings. The molecule has 0 bridgehead atoms. The molecule has 1 aliphatic heterocycles. The summed E-state index contributed by atoms with van der Waals surface area (Å²) < 4.78 is 27.1. The van der Waals surface area contributed by atoms with E-state index in [1.54, 1.807) is 6.08 Å². The number of carbonyl (C=O) groups is 4. The summed E-state index contributed by atoms with van der Waals surface area (Å²) in [6, 6.07) is -0.397. The Bertz CT molecular complexity index is 1540. The SMILES string of the molecule is C=C[C@@H]1C[C@]1(NC(=O)[C@@H]1CC(Oc2cc(Cl)nc(NC3CCCC3)n2)CN1C(=O)[C@@H](NC(=O)OC1CCCC1)C(C)(C)C)C(=O)NS(=O)C1CC1. The second-order valence-electron chi connectivity index (χ2n) is 15.7. The van der Waals surface area contributed by atoms with Crippen molar-refractivity contribution in [2.45, 2.75) is 139 Å². The first kappa shape index (κ1) is 37.3. The highest BCUT2D eigenvalue weighted by Gasteiger charge is 2.61. The summed E-state index contributed by atoms with van der Waals surface area (Å²) in [5.41, 5.74) is -2.10. The first-order chi connectivity index (χ1) is 24.3. The molecule has 1 saturated heterocycles. The normalized spacial score (nSPS) is 27.7. The highest BCUT2D eigenvalue weighted by Crippen LogP contribution is 2.45. The van der Waals surface area contributed by atoms with E-state index in [2.05, 4.69) is 37.2 Å². The van der Waals surface area contributed by atoms with Gasteiger partial charge in [-0.15, -0.1) is 6.58 Å². The number of anilines is 1. The number of hydrogen-bond donors (Lipinski definition) is 4. The second-order valence-corrected chi connectivity index (χ2v) is 17.5. The van der Waals surface area contributed by atoms with Crippen LogP contribution in [0.25, 0.3) is 0 Å². The summed E-state index contributed by atoms with van der Waals surface area (Å²) in [6.45, 7) is 9.29. The Labute approximate surface area is 306 Å². The van der Waals surface area contributed by atoms with E-state index in [0.29, 0.717) is 5.95 Å². The monoisotopic (exact) mass is 747 g/mol. The largest absolute Gasteiger partial charge is 0.472 e. The molecular formula is C35H50ClN7O7S. The third kappa shape index (κ3) is 8.95. The number of halogens is 1. The fourth-order valence-electron chi connectivity index (χ4n) is 7.33. The van der Waals surface area contributed by atoms with Gasteiger partial charge in [-0.2, -0.15) is 4.98 Å². The number of aromatic nitrogens is 2. The minimum atomic E-state index is -1.55. The first-order valence-electron chi connectivity index (χ1n) is 18.2. The number of alkyl carbamates (subject to hydrolysis) is 1. The van der Waals surface area contributed by atoms with Gasteiger partial charge in [-0.05, 0) is 63.2 Å². The van der Waals surface area contributed by atoms with E-state index in [4.69, 9.17) is 21.1 Å². The van der Waals surface area contributed by atoms with Gasteiger partial charge in [0.25, 0.3) is 5.91 Å². The van der Waals surface area contributed by atoms with E-state index in [0.717, 1.165) is 64.2 Å². The Balaban J connectivity index is 1.23. The standard InChI is InChI=1S/C35H50ClN7O7S/c1-5-20-18-35(20,31(46)42-51(48)24-14-15-24)41-29(44)25-16-23(49-27-17-26(36)38-32(39-27)37-21-10-6-7-11-21)19-43(25)30(45)28(34(2,3)4)40-33(47)50-22-12-8-9-13-22/h5,17,20-25,28H,1,6-16,18-19H2,2-4H3,(H,40,47)(H,41,44)(H,42,46)(H,37,38,39)/t20-,23?,25+,28-,35-,51?/m1/s1. The van der Waals surface area contributed by atoms with Crippen molar-refractivity contribution in [1.29, 1.82) is 0 Å². The van der Waals surface area contributed by atoms with Gasteiger partial charge in [0, 0.05) is 24.4 Å². The van der Waals surface area contributed by atoms with Crippen LogP contribution in [0.5, 0.6) is 5.88 Å². The summed E-state index contributed by atoms with van der Waals surface area (Å²) in [6.07, 6.45) is 9.64. The molecule has 4 N–H and O–H groups in total. The highest BCUT2D eigenvalue weighted by molar-refractivity contribution is 7.84. The Morgan fingerprint density at radius 3 is 2.37 bits per heavy atom. The molecule has 0 radical (unpaired) electrons. The maximum atomic E-state index is 14.5. The van der Waals surface area contributed by atoms with Crippen LogP contribution in [0.4, 0.5) is 10.7 Å². The van der Waals surface area contributed by atoms with E-state index in [9.17, 15) is 23.4 Å². The quantitative estimate of drug-likeness (QED) is 0.171. The number of nitrogens with one attached hydrogen (secondary N) is 4. The fraction of sp³-hybridized carbons (Fsp3) is 0.714. The van der Waals surface area contributed by atoms with Crippen LogP contribution in [0.3, 0.4) is 0 Å². The molecule has 1 aromatic heterocycles. The number of rotatable bonds is 13. The summed E-state index contributed by atoms with van der Waals surface area (Å²) >= 11 is 6.36. The predicted molar refractivity (Wildman–Crippen MR) is 191 cm³/mol. The van der Waals surface area contributed by atoms with Crippen molar-refractivity contribution in [3.63, 3.8) is 0 Å². The lowest BCUT2D eigenvalue weighted by Gasteiger charge is -2.35. The molecular weight excluding hydrogens is 698 g/mol. The lowest BCUT2D eigenvalue weighted by Crippen LogP contribution is -2.60. The molecule has 280 valence electrons.